The quantitative estimate of drug-likeness (QED) is 0.645. The number of fused-ring (bicyclic) bond motifs is 1. The van der Waals surface area contributed by atoms with Gasteiger partial charge < -0.3 is 25.3 Å². The Hall–Kier alpha value is -3.74. The molecule has 2 heterocycles. The molecule has 166 valence electrons. The third kappa shape index (κ3) is 4.06. The molecule has 0 radical (unpaired) electrons. The lowest BCUT2D eigenvalue weighted by molar-refractivity contribution is -0.120. The molecule has 3 aromatic rings. The van der Waals surface area contributed by atoms with Crippen LogP contribution in [0.4, 0.5) is 5.69 Å². The van der Waals surface area contributed by atoms with Gasteiger partial charge in [0.05, 0.1) is 30.5 Å². The van der Waals surface area contributed by atoms with Crippen LogP contribution in [0.1, 0.15) is 36.1 Å². The highest BCUT2D eigenvalue weighted by Gasteiger charge is 2.30. The minimum atomic E-state index is -0.365. The molecule has 0 aliphatic carbocycles. The van der Waals surface area contributed by atoms with Crippen molar-refractivity contribution in [3.63, 3.8) is 0 Å². The lowest BCUT2D eigenvalue weighted by atomic mass is 9.94. The van der Waals surface area contributed by atoms with E-state index in [9.17, 15) is 4.79 Å². The molecule has 1 aliphatic rings. The summed E-state index contributed by atoms with van der Waals surface area (Å²) in [6.45, 7) is 4.09. The number of nitrogens with one attached hydrogen (secondary N) is 1. The molecule has 1 amide bonds. The SMILES string of the molecule is COc1cc(/C(N)=C/NC2CC(C)c3ccccc3N(C)C2=O)ccc1-n1cnc(C)c1. The van der Waals surface area contributed by atoms with E-state index in [1.165, 1.54) is 5.56 Å². The van der Waals surface area contributed by atoms with Crippen LogP contribution in [0, 0.1) is 6.92 Å². The number of carbonyl (C=O) groups excluding carboxylic acids is 1. The van der Waals surface area contributed by atoms with Gasteiger partial charge in [-0.25, -0.2) is 4.98 Å². The minimum Gasteiger partial charge on any atom is -0.495 e. The Labute approximate surface area is 188 Å². The Balaban J connectivity index is 1.55. The van der Waals surface area contributed by atoms with E-state index in [0.29, 0.717) is 17.9 Å². The summed E-state index contributed by atoms with van der Waals surface area (Å²) in [6, 6.07) is 13.5. The van der Waals surface area contributed by atoms with Crippen molar-refractivity contribution in [2.24, 2.45) is 5.73 Å². The average Bonchev–Trinajstić information content (AvgIpc) is 3.22. The molecule has 0 saturated heterocycles. The number of aromatic nitrogens is 2. The Morgan fingerprint density at radius 2 is 2.03 bits per heavy atom. The normalized spacial score (nSPS) is 18.8. The lowest BCUT2D eigenvalue weighted by Crippen LogP contribution is -2.42. The van der Waals surface area contributed by atoms with Gasteiger partial charge in [-0.3, -0.25) is 4.79 Å². The smallest absolute Gasteiger partial charge is 0.249 e. The van der Waals surface area contributed by atoms with Crippen LogP contribution >= 0.6 is 0 Å². The molecule has 2 aromatic carbocycles. The molecule has 4 rings (SSSR count). The van der Waals surface area contributed by atoms with Crippen LogP contribution in [-0.4, -0.2) is 35.7 Å². The first kappa shape index (κ1) is 21.5. The minimum absolute atomic E-state index is 0.0225. The highest BCUT2D eigenvalue weighted by atomic mass is 16.5. The summed E-state index contributed by atoms with van der Waals surface area (Å²) in [5.74, 6) is 0.949. The molecule has 32 heavy (non-hydrogen) atoms. The van der Waals surface area contributed by atoms with Gasteiger partial charge in [0.25, 0.3) is 0 Å². The molecule has 0 spiro atoms. The van der Waals surface area contributed by atoms with Crippen molar-refractivity contribution < 1.29 is 9.53 Å². The third-order valence-corrected chi connectivity index (χ3v) is 5.99. The molecule has 0 fully saturated rings. The van der Waals surface area contributed by atoms with Gasteiger partial charge in [0.1, 0.15) is 11.8 Å². The second-order valence-electron chi connectivity index (χ2n) is 8.22. The second kappa shape index (κ2) is 8.78. The van der Waals surface area contributed by atoms with Crippen molar-refractivity contribution in [3.05, 3.63) is 78.0 Å². The number of nitrogens with two attached hydrogens (primary N) is 1. The number of methoxy groups -OCH3 is 1. The topological polar surface area (TPSA) is 85.4 Å². The predicted molar refractivity (Wildman–Crippen MR) is 127 cm³/mol. The predicted octanol–water partition coefficient (Wildman–Crippen LogP) is 3.57. The molecule has 7 nitrogen and oxygen atoms in total. The number of imidazole rings is 1. The van der Waals surface area contributed by atoms with Gasteiger partial charge >= 0.3 is 0 Å². The number of hydrogen-bond acceptors (Lipinski definition) is 5. The molecule has 2 atom stereocenters. The van der Waals surface area contributed by atoms with Crippen molar-refractivity contribution in [3.8, 4) is 11.4 Å². The average molecular weight is 432 g/mol. The Morgan fingerprint density at radius 1 is 1.25 bits per heavy atom. The maximum atomic E-state index is 13.1. The van der Waals surface area contributed by atoms with Crippen LogP contribution in [0.2, 0.25) is 0 Å². The Kier molecular flexibility index (Phi) is 5.90. The van der Waals surface area contributed by atoms with E-state index in [2.05, 4.69) is 23.3 Å². The number of likely N-dealkylation sites (N-methyl/N-ethyl adjacent to an activating group) is 1. The Morgan fingerprint density at radius 3 is 2.75 bits per heavy atom. The summed E-state index contributed by atoms with van der Waals surface area (Å²) in [7, 11) is 3.45. The monoisotopic (exact) mass is 431 g/mol. The summed E-state index contributed by atoms with van der Waals surface area (Å²) in [4.78, 5) is 19.1. The van der Waals surface area contributed by atoms with E-state index in [1.54, 1.807) is 24.5 Å². The van der Waals surface area contributed by atoms with Crippen molar-refractivity contribution >= 4 is 17.3 Å². The first-order valence-electron chi connectivity index (χ1n) is 10.7. The fraction of sp³-hybridized carbons (Fsp3) is 0.280. The number of carbonyl (C=O) groups is 1. The zero-order chi connectivity index (χ0) is 22.8. The number of rotatable bonds is 5. The number of anilines is 1. The van der Waals surface area contributed by atoms with Crippen LogP contribution in [-0.2, 0) is 4.79 Å². The number of hydrogen-bond donors (Lipinski definition) is 2. The Bertz CT molecular complexity index is 1170. The summed E-state index contributed by atoms with van der Waals surface area (Å²) >= 11 is 0. The van der Waals surface area contributed by atoms with E-state index in [0.717, 1.165) is 22.6 Å². The van der Waals surface area contributed by atoms with Crippen molar-refractivity contribution in [1.82, 2.24) is 14.9 Å². The van der Waals surface area contributed by atoms with Crippen LogP contribution in [0.5, 0.6) is 5.75 Å². The number of para-hydroxylation sites is 1. The van der Waals surface area contributed by atoms with Crippen LogP contribution < -0.4 is 20.7 Å². The zero-order valence-corrected chi connectivity index (χ0v) is 18.9. The van der Waals surface area contributed by atoms with Gasteiger partial charge in [0.2, 0.25) is 5.91 Å². The van der Waals surface area contributed by atoms with Crippen molar-refractivity contribution in [1.29, 1.82) is 0 Å². The van der Waals surface area contributed by atoms with E-state index in [-0.39, 0.29) is 17.9 Å². The molecule has 7 heteroatoms. The highest BCUT2D eigenvalue weighted by Crippen LogP contribution is 2.34. The number of aryl methyl sites for hydroxylation is 1. The largest absolute Gasteiger partial charge is 0.495 e. The van der Waals surface area contributed by atoms with E-state index < -0.39 is 0 Å². The van der Waals surface area contributed by atoms with Gasteiger partial charge in [-0.2, -0.15) is 0 Å². The van der Waals surface area contributed by atoms with E-state index in [1.807, 2.05) is 61.1 Å². The van der Waals surface area contributed by atoms with Gasteiger partial charge in [-0.15, -0.1) is 0 Å². The fourth-order valence-corrected chi connectivity index (χ4v) is 4.18. The summed E-state index contributed by atoms with van der Waals surface area (Å²) in [5.41, 5.74) is 11.6. The zero-order valence-electron chi connectivity index (χ0n) is 18.9. The number of nitrogens with zero attached hydrogens (tertiary/aromatic N) is 3. The standard InChI is InChI=1S/C25H29N5O2/c1-16-11-21(25(31)29(3)22-8-6-5-7-19(16)22)27-13-20(26)18-9-10-23(24(12-18)32-4)30-14-17(2)28-15-30/h5-10,12-16,21,27H,11,26H2,1-4H3/b20-13-. The third-order valence-electron chi connectivity index (χ3n) is 5.99. The number of benzene rings is 2. The molecule has 3 N–H and O–H groups in total. The molecular weight excluding hydrogens is 402 g/mol. The summed E-state index contributed by atoms with van der Waals surface area (Å²) in [5, 5.41) is 3.26. The second-order valence-corrected chi connectivity index (χ2v) is 8.22. The van der Waals surface area contributed by atoms with Crippen LogP contribution in [0.3, 0.4) is 0 Å². The first-order chi connectivity index (χ1) is 15.4. The van der Waals surface area contributed by atoms with Gasteiger partial charge in [-0.1, -0.05) is 31.2 Å². The van der Waals surface area contributed by atoms with E-state index in [4.69, 9.17) is 10.5 Å². The summed E-state index contributed by atoms with van der Waals surface area (Å²) < 4.78 is 7.49. The fourth-order valence-electron chi connectivity index (χ4n) is 4.18. The highest BCUT2D eigenvalue weighted by molar-refractivity contribution is 5.98. The maximum Gasteiger partial charge on any atom is 0.249 e. The first-order valence-corrected chi connectivity index (χ1v) is 10.7. The summed E-state index contributed by atoms with van der Waals surface area (Å²) in [6.07, 6.45) is 6.09. The van der Waals surface area contributed by atoms with Crippen molar-refractivity contribution in [2.45, 2.75) is 32.2 Å². The van der Waals surface area contributed by atoms with Gasteiger partial charge in [0.15, 0.2) is 0 Å². The molecule has 1 aliphatic heterocycles. The molecule has 1 aromatic heterocycles. The van der Waals surface area contributed by atoms with Gasteiger partial charge in [0, 0.05) is 30.7 Å². The van der Waals surface area contributed by atoms with Crippen molar-refractivity contribution in [2.75, 3.05) is 19.1 Å². The molecule has 0 bridgehead atoms. The lowest BCUT2D eigenvalue weighted by Gasteiger charge is -2.21. The maximum absolute atomic E-state index is 13.1. The molecule has 0 saturated carbocycles. The molecule has 2 unspecified atom stereocenters. The molecular formula is C25H29N5O2. The van der Waals surface area contributed by atoms with Crippen LogP contribution in [0.15, 0.2) is 61.2 Å². The van der Waals surface area contributed by atoms with E-state index >= 15 is 0 Å². The van der Waals surface area contributed by atoms with Gasteiger partial charge in [-0.05, 0) is 43.0 Å². The number of amides is 1. The number of ether oxygens (including phenoxy) is 1. The van der Waals surface area contributed by atoms with Crippen LogP contribution in [0.25, 0.3) is 11.4 Å².